The van der Waals surface area contributed by atoms with E-state index >= 15 is 0 Å². The van der Waals surface area contributed by atoms with Crippen LogP contribution < -0.4 is 5.69 Å². The minimum Gasteiger partial charge on any atom is -0.350 e. The maximum Gasteiger partial charge on any atom is 0.327 e. The van der Waals surface area contributed by atoms with Gasteiger partial charge in [-0.3, -0.25) is 4.57 Å². The molecular formula is C26H25N5O. The van der Waals surface area contributed by atoms with Crippen LogP contribution in [0.3, 0.4) is 0 Å². The van der Waals surface area contributed by atoms with Crippen LogP contribution in [0.4, 0.5) is 0 Å². The van der Waals surface area contributed by atoms with E-state index in [9.17, 15) is 4.79 Å². The molecule has 3 aromatic rings. The van der Waals surface area contributed by atoms with E-state index in [1.807, 2.05) is 29.2 Å². The molecule has 2 aliphatic heterocycles. The predicted octanol–water partition coefficient (Wildman–Crippen LogP) is 4.53. The third-order valence-electron chi connectivity index (χ3n) is 6.03. The number of pyridine rings is 1. The van der Waals surface area contributed by atoms with Crippen molar-refractivity contribution < 1.29 is 0 Å². The standard InChI is InChI=1S/C26H25N5O/c1-18-4-5-22(16-19(18)2)20-6-8-21(9-7-20)25-27-23-10-11-30(17-24(23)28-25)13-15-31-14-12-29(3)26(31)32/h4-12,14,16-17H,13,15H2,1-3H3. The van der Waals surface area contributed by atoms with Crippen LogP contribution in [-0.2, 0) is 20.1 Å². The van der Waals surface area contributed by atoms with Crippen LogP contribution in [0.5, 0.6) is 0 Å². The van der Waals surface area contributed by atoms with Crippen molar-refractivity contribution in [3.63, 3.8) is 0 Å². The molecule has 0 unspecified atom stereocenters. The fourth-order valence-electron chi connectivity index (χ4n) is 3.86. The van der Waals surface area contributed by atoms with Gasteiger partial charge in [0.05, 0.1) is 5.69 Å². The number of fused-ring (bicyclic) bond motifs is 1. The third-order valence-corrected chi connectivity index (χ3v) is 6.03. The molecule has 0 saturated heterocycles. The number of aryl methyl sites for hydroxylation is 5. The summed E-state index contributed by atoms with van der Waals surface area (Å²) in [5.41, 5.74) is 7.70. The third kappa shape index (κ3) is 3.75. The van der Waals surface area contributed by atoms with Gasteiger partial charge in [0.2, 0.25) is 0 Å². The highest BCUT2D eigenvalue weighted by molar-refractivity contribution is 5.71. The van der Waals surface area contributed by atoms with Gasteiger partial charge in [-0.15, -0.1) is 0 Å². The lowest BCUT2D eigenvalue weighted by Gasteiger charge is -2.08. The number of aromatic nitrogens is 5. The summed E-state index contributed by atoms with van der Waals surface area (Å²) >= 11 is 0. The SMILES string of the molecule is Cc1ccc(-c2ccc(-c3nc4ccn(CCn5ccn(C)c5=O)cc-4n3)cc2)cc1C. The molecule has 0 bridgehead atoms. The van der Waals surface area contributed by atoms with Gasteiger partial charge >= 0.3 is 5.69 Å². The highest BCUT2D eigenvalue weighted by Crippen LogP contribution is 2.28. The Morgan fingerprint density at radius 2 is 1.47 bits per heavy atom. The Bertz CT molecular complexity index is 1420. The summed E-state index contributed by atoms with van der Waals surface area (Å²) in [6, 6.07) is 16.9. The van der Waals surface area contributed by atoms with Crippen molar-refractivity contribution in [2.75, 3.05) is 0 Å². The molecule has 32 heavy (non-hydrogen) atoms. The van der Waals surface area contributed by atoms with Crippen molar-refractivity contribution in [3.8, 4) is 33.9 Å². The fraction of sp³-hybridized carbons (Fsp3) is 0.192. The van der Waals surface area contributed by atoms with Crippen LogP contribution >= 0.6 is 0 Å². The van der Waals surface area contributed by atoms with E-state index in [0.29, 0.717) is 13.1 Å². The lowest BCUT2D eigenvalue weighted by Crippen LogP contribution is -2.23. The van der Waals surface area contributed by atoms with Crippen molar-refractivity contribution >= 4 is 0 Å². The molecule has 0 atom stereocenters. The molecule has 0 radical (unpaired) electrons. The smallest absolute Gasteiger partial charge is 0.327 e. The average molecular weight is 424 g/mol. The van der Waals surface area contributed by atoms with E-state index in [-0.39, 0.29) is 5.69 Å². The molecular weight excluding hydrogens is 398 g/mol. The van der Waals surface area contributed by atoms with Gasteiger partial charge in [0.15, 0.2) is 5.82 Å². The molecule has 0 N–H and O–H groups in total. The van der Waals surface area contributed by atoms with Crippen molar-refractivity contribution in [2.45, 2.75) is 26.9 Å². The summed E-state index contributed by atoms with van der Waals surface area (Å²) in [6.45, 7) is 5.56. The molecule has 5 rings (SSSR count). The van der Waals surface area contributed by atoms with Gasteiger partial charge in [0.25, 0.3) is 0 Å². The molecule has 0 fully saturated rings. The molecule has 160 valence electrons. The molecule has 0 spiro atoms. The van der Waals surface area contributed by atoms with Crippen molar-refractivity contribution in [1.29, 1.82) is 0 Å². The number of nitrogens with zero attached hydrogens (tertiary/aromatic N) is 5. The zero-order chi connectivity index (χ0) is 22.2. The van der Waals surface area contributed by atoms with E-state index in [2.05, 4.69) is 56.3 Å². The van der Waals surface area contributed by atoms with E-state index in [1.54, 1.807) is 22.4 Å². The van der Waals surface area contributed by atoms with Crippen LogP contribution in [0.1, 0.15) is 11.1 Å². The number of benzene rings is 2. The lowest BCUT2D eigenvalue weighted by atomic mass is 9.99. The normalized spacial score (nSPS) is 11.3. The highest BCUT2D eigenvalue weighted by atomic mass is 16.1. The van der Waals surface area contributed by atoms with Gasteiger partial charge in [0.1, 0.15) is 5.69 Å². The summed E-state index contributed by atoms with van der Waals surface area (Å²) in [7, 11) is 1.76. The van der Waals surface area contributed by atoms with Crippen molar-refractivity contribution in [3.05, 3.63) is 94.9 Å². The minimum atomic E-state index is -0.00804. The molecule has 3 heterocycles. The predicted molar refractivity (Wildman–Crippen MR) is 127 cm³/mol. The van der Waals surface area contributed by atoms with Crippen LogP contribution in [0, 0.1) is 13.8 Å². The van der Waals surface area contributed by atoms with Crippen LogP contribution in [0.15, 0.2) is 78.1 Å². The quantitative estimate of drug-likeness (QED) is 0.417. The minimum absolute atomic E-state index is 0.00804. The molecule has 1 aromatic heterocycles. The molecule has 0 amide bonds. The zero-order valence-electron chi connectivity index (χ0n) is 18.5. The average Bonchev–Trinajstić information content (AvgIpc) is 3.37. The molecule has 2 aliphatic rings. The largest absolute Gasteiger partial charge is 0.350 e. The number of rotatable bonds is 5. The summed E-state index contributed by atoms with van der Waals surface area (Å²) in [5, 5.41) is 0. The van der Waals surface area contributed by atoms with E-state index in [0.717, 1.165) is 22.8 Å². The van der Waals surface area contributed by atoms with Gasteiger partial charge in [-0.2, -0.15) is 0 Å². The molecule has 6 nitrogen and oxygen atoms in total. The second kappa shape index (κ2) is 7.96. The fourth-order valence-corrected chi connectivity index (χ4v) is 3.86. The van der Waals surface area contributed by atoms with Crippen LogP contribution in [0.2, 0.25) is 0 Å². The second-order valence-electron chi connectivity index (χ2n) is 8.26. The maximum absolute atomic E-state index is 12.0. The number of hydrogen-bond donors (Lipinski definition) is 0. The van der Waals surface area contributed by atoms with Gasteiger partial charge in [-0.1, -0.05) is 42.5 Å². The second-order valence-corrected chi connectivity index (χ2v) is 8.26. The monoisotopic (exact) mass is 423 g/mol. The zero-order valence-corrected chi connectivity index (χ0v) is 18.5. The van der Waals surface area contributed by atoms with E-state index in [1.165, 1.54) is 22.3 Å². The molecule has 0 aliphatic carbocycles. The summed E-state index contributed by atoms with van der Waals surface area (Å²) < 4.78 is 5.33. The number of imidazole rings is 2. The summed E-state index contributed by atoms with van der Waals surface area (Å²) in [4.78, 5) is 21.5. The van der Waals surface area contributed by atoms with Gasteiger partial charge in [0, 0.05) is 50.5 Å². The molecule has 0 saturated carbocycles. The molecule has 2 aromatic carbocycles. The van der Waals surface area contributed by atoms with Gasteiger partial charge in [-0.25, -0.2) is 14.8 Å². The topological polar surface area (TPSA) is 57.6 Å². The van der Waals surface area contributed by atoms with Crippen molar-refractivity contribution in [1.82, 2.24) is 23.7 Å². The first-order valence-electron chi connectivity index (χ1n) is 10.7. The highest BCUT2D eigenvalue weighted by Gasteiger charge is 2.13. The first-order valence-corrected chi connectivity index (χ1v) is 10.7. The van der Waals surface area contributed by atoms with Gasteiger partial charge in [-0.05, 0) is 42.2 Å². The summed E-state index contributed by atoms with van der Waals surface area (Å²) in [5.74, 6) is 0.726. The van der Waals surface area contributed by atoms with Crippen molar-refractivity contribution in [2.24, 2.45) is 7.05 Å². The Kier molecular flexibility index (Phi) is 4.98. The Morgan fingerprint density at radius 3 is 2.19 bits per heavy atom. The first-order chi connectivity index (χ1) is 15.5. The van der Waals surface area contributed by atoms with E-state index < -0.39 is 0 Å². The van der Waals surface area contributed by atoms with E-state index in [4.69, 9.17) is 9.97 Å². The van der Waals surface area contributed by atoms with Crippen LogP contribution in [-0.4, -0.2) is 23.7 Å². The van der Waals surface area contributed by atoms with Crippen LogP contribution in [0.25, 0.3) is 33.9 Å². The Hall–Kier alpha value is -3.93. The number of hydrogen-bond acceptors (Lipinski definition) is 3. The summed E-state index contributed by atoms with van der Waals surface area (Å²) in [6.07, 6.45) is 7.56. The maximum atomic E-state index is 12.0. The Labute approximate surface area is 186 Å². The Balaban J connectivity index is 1.36. The first kappa shape index (κ1) is 20.0. The van der Waals surface area contributed by atoms with Gasteiger partial charge < -0.3 is 9.13 Å². The Morgan fingerprint density at radius 1 is 0.750 bits per heavy atom. The lowest BCUT2D eigenvalue weighted by molar-refractivity contribution is 0.556. The molecule has 6 heteroatoms.